The Bertz CT molecular complexity index is 1700. The molecule has 4 rings (SSSR count). The maximum absolute atomic E-state index is 13.1. The van der Waals surface area contributed by atoms with Gasteiger partial charge in [0.15, 0.2) is 0 Å². The zero-order valence-corrected chi connectivity index (χ0v) is 23.4. The van der Waals surface area contributed by atoms with E-state index in [0.29, 0.717) is 30.2 Å². The summed E-state index contributed by atoms with van der Waals surface area (Å²) in [6.45, 7) is 3.34. The van der Waals surface area contributed by atoms with Crippen molar-refractivity contribution in [1.29, 1.82) is 0 Å². The number of azo groups is 1. The smallest absolute Gasteiger partial charge is 0.342 e. The van der Waals surface area contributed by atoms with Crippen molar-refractivity contribution in [2.75, 3.05) is 37.8 Å². The summed E-state index contributed by atoms with van der Waals surface area (Å²) in [6, 6.07) is 22.1. The van der Waals surface area contributed by atoms with Gasteiger partial charge in [-0.2, -0.15) is 10.2 Å². The lowest BCUT2D eigenvalue weighted by Crippen LogP contribution is -2.28. The molecular weight excluding hydrogens is 548 g/mol. The molecule has 0 amide bonds. The minimum absolute atomic E-state index is 0.00993. The van der Waals surface area contributed by atoms with Gasteiger partial charge in [0.05, 0.1) is 22.8 Å². The monoisotopic (exact) mass is 576 g/mol. The molecule has 0 atom stereocenters. The van der Waals surface area contributed by atoms with E-state index in [0.717, 1.165) is 16.5 Å². The summed E-state index contributed by atoms with van der Waals surface area (Å²) in [7, 11) is 0. The first-order valence-electron chi connectivity index (χ1n) is 13.3. The largest absolute Gasteiger partial charge is 0.480 e. The Balaban J connectivity index is 1.40. The van der Waals surface area contributed by atoms with Crippen molar-refractivity contribution in [3.8, 4) is 36.2 Å². The fourth-order valence-electron chi connectivity index (χ4n) is 4.20. The summed E-state index contributed by atoms with van der Waals surface area (Å²) >= 11 is 0. The highest BCUT2D eigenvalue weighted by molar-refractivity contribution is 6.00. The second-order valence-corrected chi connectivity index (χ2v) is 9.02. The van der Waals surface area contributed by atoms with Crippen molar-refractivity contribution in [2.24, 2.45) is 10.2 Å². The molecule has 0 bridgehead atoms. The van der Waals surface area contributed by atoms with E-state index in [1.54, 1.807) is 18.2 Å². The maximum atomic E-state index is 13.1. The van der Waals surface area contributed by atoms with E-state index in [1.807, 2.05) is 43.3 Å². The highest BCUT2D eigenvalue weighted by Gasteiger charge is 2.18. The minimum Gasteiger partial charge on any atom is -0.480 e. The van der Waals surface area contributed by atoms with Crippen LogP contribution in [0.5, 0.6) is 11.5 Å². The van der Waals surface area contributed by atoms with E-state index in [9.17, 15) is 14.9 Å². The molecule has 0 radical (unpaired) electrons. The molecule has 0 N–H and O–H groups in total. The van der Waals surface area contributed by atoms with Gasteiger partial charge in [-0.3, -0.25) is 10.1 Å². The number of nitro groups is 1. The van der Waals surface area contributed by atoms with Crippen LogP contribution >= 0.6 is 0 Å². The summed E-state index contributed by atoms with van der Waals surface area (Å²) in [4.78, 5) is 25.5. The molecule has 10 heteroatoms. The highest BCUT2D eigenvalue weighted by atomic mass is 16.6. The number of fused-ring (bicyclic) bond motifs is 1. The topological polar surface area (TPSA) is 116 Å². The third kappa shape index (κ3) is 7.87. The standard InChI is InChI=1S/C33H28N4O6/c1-4-19-41-31-9-7-8-24-22-30(32(23-29(24)31)42-20-5-2)33(38)43-21-18-36(6-3)27-14-10-25(11-15-27)34-35-26-12-16-28(17-13-26)37(39)40/h1-2,7-17,22-23H,6,18-21H2,3H3. The number of carbonyl (C=O) groups is 1. The SMILES string of the molecule is C#CCOc1cc2c(OCC#C)cccc2cc1C(=O)OCCN(CC)c1ccc(N=Nc2ccc([N+](=O)[O-])cc2)cc1. The van der Waals surface area contributed by atoms with Gasteiger partial charge >= 0.3 is 5.97 Å². The van der Waals surface area contributed by atoms with Gasteiger partial charge in [-0.05, 0) is 66.9 Å². The normalized spacial score (nSPS) is 10.6. The molecule has 0 saturated heterocycles. The Morgan fingerprint density at radius 2 is 1.53 bits per heavy atom. The van der Waals surface area contributed by atoms with E-state index < -0.39 is 10.9 Å². The molecule has 4 aromatic rings. The Hall–Kier alpha value is -5.87. The lowest BCUT2D eigenvalue weighted by atomic mass is 10.0. The molecule has 0 saturated carbocycles. The van der Waals surface area contributed by atoms with Crippen LogP contribution < -0.4 is 14.4 Å². The number of terminal acetylenes is 2. The molecule has 10 nitrogen and oxygen atoms in total. The Morgan fingerprint density at radius 3 is 2.14 bits per heavy atom. The molecule has 216 valence electrons. The number of nitrogens with zero attached hydrogens (tertiary/aromatic N) is 4. The van der Waals surface area contributed by atoms with Gasteiger partial charge in [0, 0.05) is 29.8 Å². The number of esters is 1. The van der Waals surface area contributed by atoms with Gasteiger partial charge < -0.3 is 19.1 Å². The fourth-order valence-corrected chi connectivity index (χ4v) is 4.20. The predicted molar refractivity (Wildman–Crippen MR) is 164 cm³/mol. The van der Waals surface area contributed by atoms with E-state index >= 15 is 0 Å². The van der Waals surface area contributed by atoms with Gasteiger partial charge in [0.2, 0.25) is 0 Å². The lowest BCUT2D eigenvalue weighted by Gasteiger charge is -2.23. The molecule has 0 fully saturated rings. The zero-order valence-electron chi connectivity index (χ0n) is 23.4. The molecule has 0 aliphatic rings. The quantitative estimate of drug-likeness (QED) is 0.0561. The number of ether oxygens (including phenoxy) is 3. The number of hydrogen-bond donors (Lipinski definition) is 0. The third-order valence-corrected chi connectivity index (χ3v) is 6.31. The van der Waals surface area contributed by atoms with Crippen LogP contribution in [0.4, 0.5) is 22.7 Å². The first-order valence-corrected chi connectivity index (χ1v) is 13.3. The number of carbonyl (C=O) groups excluding carboxylic acids is 1. The maximum Gasteiger partial charge on any atom is 0.342 e. The van der Waals surface area contributed by atoms with Crippen LogP contribution in [0.1, 0.15) is 17.3 Å². The van der Waals surface area contributed by atoms with Gasteiger partial charge in [-0.15, -0.1) is 12.8 Å². The summed E-state index contributed by atoms with van der Waals surface area (Å²) in [5.74, 6) is 5.18. The van der Waals surface area contributed by atoms with Crippen LogP contribution in [0.25, 0.3) is 10.8 Å². The highest BCUT2D eigenvalue weighted by Crippen LogP contribution is 2.33. The van der Waals surface area contributed by atoms with Crippen molar-refractivity contribution in [3.63, 3.8) is 0 Å². The van der Waals surface area contributed by atoms with Gasteiger partial charge in [0.25, 0.3) is 5.69 Å². The molecular formula is C33H28N4O6. The Labute approximate surface area is 249 Å². The van der Waals surface area contributed by atoms with Crippen LogP contribution in [0.15, 0.2) is 89.1 Å². The van der Waals surface area contributed by atoms with Gasteiger partial charge in [-0.25, -0.2) is 4.79 Å². The van der Waals surface area contributed by atoms with Crippen molar-refractivity contribution < 1.29 is 23.9 Å². The molecule has 0 spiro atoms. The number of anilines is 1. The number of nitro benzene ring substituents is 1. The Kier molecular flexibility index (Phi) is 10.3. The molecule has 0 aromatic heterocycles. The molecule has 0 heterocycles. The summed E-state index contributed by atoms with van der Waals surface area (Å²) < 4.78 is 17.0. The number of rotatable bonds is 13. The summed E-state index contributed by atoms with van der Waals surface area (Å²) in [5, 5.41) is 20.6. The predicted octanol–water partition coefficient (Wildman–Crippen LogP) is 6.87. The zero-order chi connectivity index (χ0) is 30.6. The van der Waals surface area contributed by atoms with Crippen LogP contribution in [0.2, 0.25) is 0 Å². The molecule has 43 heavy (non-hydrogen) atoms. The van der Waals surface area contributed by atoms with E-state index in [-0.39, 0.29) is 36.8 Å². The van der Waals surface area contributed by atoms with Gasteiger partial charge in [-0.1, -0.05) is 24.0 Å². The molecule has 0 aliphatic carbocycles. The van der Waals surface area contributed by atoms with Crippen LogP contribution in [-0.4, -0.2) is 43.8 Å². The molecule has 4 aromatic carbocycles. The lowest BCUT2D eigenvalue weighted by molar-refractivity contribution is -0.384. The number of benzene rings is 4. The first kappa shape index (κ1) is 30.1. The van der Waals surface area contributed by atoms with E-state index in [1.165, 1.54) is 24.3 Å². The fraction of sp³-hybridized carbons (Fsp3) is 0.182. The average Bonchev–Trinajstić information content (AvgIpc) is 3.03. The van der Waals surface area contributed by atoms with Crippen LogP contribution in [-0.2, 0) is 4.74 Å². The van der Waals surface area contributed by atoms with E-state index in [2.05, 4.69) is 27.0 Å². The van der Waals surface area contributed by atoms with Crippen molar-refractivity contribution >= 4 is 39.5 Å². The number of hydrogen-bond acceptors (Lipinski definition) is 9. The summed E-state index contributed by atoms with van der Waals surface area (Å²) in [5.41, 5.74) is 2.28. The average molecular weight is 577 g/mol. The van der Waals surface area contributed by atoms with Crippen molar-refractivity contribution in [2.45, 2.75) is 6.92 Å². The van der Waals surface area contributed by atoms with Crippen LogP contribution in [0, 0.1) is 34.8 Å². The Morgan fingerprint density at radius 1 is 0.907 bits per heavy atom. The van der Waals surface area contributed by atoms with Gasteiger partial charge in [0.1, 0.15) is 36.9 Å². The number of non-ortho nitro benzene ring substituents is 1. The molecule has 0 aliphatic heterocycles. The third-order valence-electron chi connectivity index (χ3n) is 6.31. The van der Waals surface area contributed by atoms with Crippen LogP contribution in [0.3, 0.4) is 0 Å². The molecule has 0 unspecified atom stereocenters. The number of likely N-dealkylation sites (N-methyl/N-ethyl adjacent to an activating group) is 1. The first-order chi connectivity index (χ1) is 20.9. The second-order valence-electron chi connectivity index (χ2n) is 9.02. The summed E-state index contributed by atoms with van der Waals surface area (Å²) in [6.07, 6.45) is 10.7. The second kappa shape index (κ2) is 14.7. The minimum atomic E-state index is -0.540. The van der Waals surface area contributed by atoms with E-state index in [4.69, 9.17) is 27.1 Å². The van der Waals surface area contributed by atoms with Crippen molar-refractivity contribution in [3.05, 3.63) is 94.5 Å². The van der Waals surface area contributed by atoms with Crippen molar-refractivity contribution in [1.82, 2.24) is 0 Å².